The second kappa shape index (κ2) is 4.26. The number of halogens is 1. The van der Waals surface area contributed by atoms with Crippen LogP contribution in [0.1, 0.15) is 13.8 Å². The smallest absolute Gasteiger partial charge is 0.0651 e. The van der Waals surface area contributed by atoms with Crippen molar-refractivity contribution < 1.29 is 0 Å². The van der Waals surface area contributed by atoms with Gasteiger partial charge in [0.05, 0.1) is 11.7 Å². The third kappa shape index (κ3) is 1.67. The van der Waals surface area contributed by atoms with E-state index in [9.17, 15) is 0 Å². The minimum Gasteiger partial charge on any atom is -0.360 e. The summed E-state index contributed by atoms with van der Waals surface area (Å²) >= 11 is 3.39. The van der Waals surface area contributed by atoms with E-state index in [1.165, 1.54) is 5.39 Å². The average Bonchev–Trinajstić information content (AvgIpc) is 2.57. The molecule has 0 saturated heterocycles. The van der Waals surface area contributed by atoms with Crippen LogP contribution in [-0.4, -0.2) is 9.97 Å². The van der Waals surface area contributed by atoms with Gasteiger partial charge in [-0.2, -0.15) is 0 Å². The molecule has 12 heavy (non-hydrogen) atoms. The molecule has 0 aliphatic carbocycles. The molecular weight excluding hydrogens is 216 g/mol. The minimum absolute atomic E-state index is 1.03. The predicted molar refractivity (Wildman–Crippen MR) is 55.1 cm³/mol. The third-order valence-electron chi connectivity index (χ3n) is 1.43. The molecule has 0 fully saturated rings. The van der Waals surface area contributed by atoms with Crippen molar-refractivity contribution in [2.75, 3.05) is 0 Å². The van der Waals surface area contributed by atoms with E-state index in [0.717, 1.165) is 9.99 Å². The number of pyridine rings is 1. The SMILES string of the molecule is Brc1cncc2[nH]ccc12.CC. The molecule has 3 heteroatoms. The van der Waals surface area contributed by atoms with Gasteiger partial charge >= 0.3 is 0 Å². The van der Waals surface area contributed by atoms with Crippen molar-refractivity contribution in [2.24, 2.45) is 0 Å². The Labute approximate surface area is 80.1 Å². The zero-order valence-electron chi connectivity index (χ0n) is 7.13. The normalized spacial score (nSPS) is 9.25. The van der Waals surface area contributed by atoms with Crippen LogP contribution < -0.4 is 0 Å². The molecule has 1 N–H and O–H groups in total. The van der Waals surface area contributed by atoms with Crippen molar-refractivity contribution in [1.82, 2.24) is 9.97 Å². The van der Waals surface area contributed by atoms with Crippen LogP contribution in [0, 0.1) is 0 Å². The van der Waals surface area contributed by atoms with Crippen LogP contribution in [-0.2, 0) is 0 Å². The van der Waals surface area contributed by atoms with E-state index in [4.69, 9.17) is 0 Å². The van der Waals surface area contributed by atoms with Gasteiger partial charge in [0.1, 0.15) is 0 Å². The fourth-order valence-corrected chi connectivity index (χ4v) is 1.41. The van der Waals surface area contributed by atoms with E-state index in [-0.39, 0.29) is 0 Å². The molecule has 0 radical (unpaired) electrons. The van der Waals surface area contributed by atoms with E-state index < -0.39 is 0 Å². The van der Waals surface area contributed by atoms with Crippen LogP contribution in [0.4, 0.5) is 0 Å². The summed E-state index contributed by atoms with van der Waals surface area (Å²) in [4.78, 5) is 7.07. The predicted octanol–water partition coefficient (Wildman–Crippen LogP) is 3.35. The van der Waals surface area contributed by atoms with Gasteiger partial charge in [-0.25, -0.2) is 0 Å². The Balaban J connectivity index is 0.000000336. The monoisotopic (exact) mass is 226 g/mol. The lowest BCUT2D eigenvalue weighted by atomic mass is 10.3. The number of nitrogens with one attached hydrogen (secondary N) is 1. The number of fused-ring (bicyclic) bond motifs is 1. The van der Waals surface area contributed by atoms with Crippen molar-refractivity contribution >= 4 is 26.8 Å². The first-order valence-electron chi connectivity index (χ1n) is 3.94. The fraction of sp³-hybridized carbons (Fsp3) is 0.222. The molecule has 0 spiro atoms. The summed E-state index contributed by atoms with van der Waals surface area (Å²) in [5.41, 5.74) is 1.06. The first-order valence-corrected chi connectivity index (χ1v) is 4.74. The number of hydrogen-bond acceptors (Lipinski definition) is 1. The molecule has 0 bridgehead atoms. The van der Waals surface area contributed by atoms with Gasteiger partial charge in [0.25, 0.3) is 0 Å². The zero-order valence-corrected chi connectivity index (χ0v) is 8.72. The average molecular weight is 227 g/mol. The molecule has 0 saturated carbocycles. The third-order valence-corrected chi connectivity index (χ3v) is 2.06. The van der Waals surface area contributed by atoms with Gasteiger partial charge in [-0.3, -0.25) is 4.98 Å². The van der Waals surface area contributed by atoms with E-state index >= 15 is 0 Å². The van der Waals surface area contributed by atoms with E-state index in [1.54, 1.807) is 12.4 Å². The molecule has 2 heterocycles. The van der Waals surface area contributed by atoms with Crippen molar-refractivity contribution in [3.63, 3.8) is 0 Å². The lowest BCUT2D eigenvalue weighted by Gasteiger charge is -1.89. The maximum absolute atomic E-state index is 4.01. The molecule has 0 aromatic carbocycles. The van der Waals surface area contributed by atoms with Crippen LogP contribution >= 0.6 is 15.9 Å². The second-order valence-electron chi connectivity index (χ2n) is 2.06. The van der Waals surface area contributed by atoms with Gasteiger partial charge in [-0.15, -0.1) is 0 Å². The molecule has 0 aliphatic rings. The highest BCUT2D eigenvalue weighted by atomic mass is 79.9. The van der Waals surface area contributed by atoms with E-state index in [2.05, 4.69) is 25.9 Å². The molecule has 2 aromatic rings. The first-order chi connectivity index (χ1) is 5.88. The maximum Gasteiger partial charge on any atom is 0.0651 e. The Kier molecular flexibility index (Phi) is 3.29. The Morgan fingerprint density at radius 3 is 2.75 bits per heavy atom. The van der Waals surface area contributed by atoms with Gasteiger partial charge in [-0.1, -0.05) is 13.8 Å². The van der Waals surface area contributed by atoms with Gasteiger partial charge < -0.3 is 4.98 Å². The van der Waals surface area contributed by atoms with Crippen molar-refractivity contribution in [2.45, 2.75) is 13.8 Å². The molecule has 2 aromatic heterocycles. The summed E-state index contributed by atoms with van der Waals surface area (Å²) in [6.45, 7) is 4.00. The number of nitrogens with zero attached hydrogens (tertiary/aromatic N) is 1. The second-order valence-corrected chi connectivity index (χ2v) is 2.91. The van der Waals surface area contributed by atoms with Crippen LogP contribution in [0.2, 0.25) is 0 Å². The van der Waals surface area contributed by atoms with Crippen molar-refractivity contribution in [3.05, 3.63) is 29.1 Å². The minimum atomic E-state index is 1.03. The topological polar surface area (TPSA) is 28.7 Å². The molecule has 2 nitrogen and oxygen atoms in total. The fourth-order valence-electron chi connectivity index (χ4n) is 0.944. The molecule has 0 amide bonds. The quantitative estimate of drug-likeness (QED) is 0.734. The Hall–Kier alpha value is -0.830. The molecule has 2 rings (SSSR count). The molecule has 0 unspecified atom stereocenters. The number of hydrogen-bond donors (Lipinski definition) is 1. The van der Waals surface area contributed by atoms with E-state index in [1.807, 2.05) is 26.1 Å². The first kappa shape index (κ1) is 9.26. The molecule has 64 valence electrons. The Morgan fingerprint density at radius 1 is 1.33 bits per heavy atom. The lowest BCUT2D eigenvalue weighted by molar-refractivity contribution is 1.33. The van der Waals surface area contributed by atoms with Crippen molar-refractivity contribution in [3.8, 4) is 0 Å². The lowest BCUT2D eigenvalue weighted by Crippen LogP contribution is -1.72. The molecular formula is C9H11BrN2. The van der Waals surface area contributed by atoms with Crippen molar-refractivity contribution in [1.29, 1.82) is 0 Å². The van der Waals surface area contributed by atoms with Gasteiger partial charge in [0, 0.05) is 22.3 Å². The molecule has 0 aliphatic heterocycles. The number of H-pyrrole nitrogens is 1. The van der Waals surface area contributed by atoms with Gasteiger partial charge in [-0.05, 0) is 22.0 Å². The number of rotatable bonds is 0. The van der Waals surface area contributed by atoms with Gasteiger partial charge in [0.2, 0.25) is 0 Å². The van der Waals surface area contributed by atoms with Crippen LogP contribution in [0.5, 0.6) is 0 Å². The number of aromatic nitrogens is 2. The molecule has 0 atom stereocenters. The summed E-state index contributed by atoms with van der Waals surface area (Å²) in [6.07, 6.45) is 5.49. The summed E-state index contributed by atoms with van der Waals surface area (Å²) in [5.74, 6) is 0. The summed E-state index contributed by atoms with van der Waals surface area (Å²) in [5, 5.41) is 1.18. The van der Waals surface area contributed by atoms with E-state index in [0.29, 0.717) is 0 Å². The highest BCUT2D eigenvalue weighted by molar-refractivity contribution is 9.10. The Bertz CT molecular complexity index is 354. The summed E-state index contributed by atoms with van der Waals surface area (Å²) < 4.78 is 1.03. The summed E-state index contributed by atoms with van der Waals surface area (Å²) in [7, 11) is 0. The maximum atomic E-state index is 4.01. The largest absolute Gasteiger partial charge is 0.360 e. The zero-order chi connectivity index (χ0) is 8.97. The number of aromatic amines is 1. The Morgan fingerprint density at radius 2 is 2.08 bits per heavy atom. The standard InChI is InChI=1S/C7H5BrN2.C2H6/c8-6-3-9-4-7-5(6)1-2-10-7;1-2/h1-4,10H;1-2H3. The van der Waals surface area contributed by atoms with Crippen LogP contribution in [0.15, 0.2) is 29.1 Å². The van der Waals surface area contributed by atoms with Crippen LogP contribution in [0.25, 0.3) is 10.9 Å². The summed E-state index contributed by atoms with van der Waals surface area (Å²) in [6, 6.07) is 2.01. The van der Waals surface area contributed by atoms with Gasteiger partial charge in [0.15, 0.2) is 0 Å². The highest BCUT2D eigenvalue weighted by Crippen LogP contribution is 2.20. The highest BCUT2D eigenvalue weighted by Gasteiger charge is 1.96. The van der Waals surface area contributed by atoms with Crippen LogP contribution in [0.3, 0.4) is 0 Å².